The summed E-state index contributed by atoms with van der Waals surface area (Å²) in [6.45, 7) is 0. The number of carbonyl (C=O) groups is 1. The van der Waals surface area contributed by atoms with Crippen molar-refractivity contribution < 1.29 is 9.21 Å². The van der Waals surface area contributed by atoms with Crippen LogP contribution in [-0.2, 0) is 4.79 Å². The van der Waals surface area contributed by atoms with Crippen LogP contribution in [0.5, 0.6) is 0 Å². The number of anilines is 1. The lowest BCUT2D eigenvalue weighted by atomic mass is 10.2. The first-order valence-corrected chi connectivity index (χ1v) is 7.35. The van der Waals surface area contributed by atoms with Gasteiger partial charge in [0.15, 0.2) is 5.58 Å². The number of amides is 1. The molecule has 7 heteroatoms. The number of nitrogens with zero attached hydrogens (tertiary/aromatic N) is 2. The Kier molecular flexibility index (Phi) is 4.20. The van der Waals surface area contributed by atoms with Crippen LogP contribution in [0.1, 0.15) is 6.42 Å². The van der Waals surface area contributed by atoms with Crippen molar-refractivity contribution in [3.8, 4) is 17.5 Å². The summed E-state index contributed by atoms with van der Waals surface area (Å²) >= 11 is 11.9. The van der Waals surface area contributed by atoms with Crippen LogP contribution in [0.4, 0.5) is 5.69 Å². The van der Waals surface area contributed by atoms with Gasteiger partial charge in [0.25, 0.3) is 0 Å². The van der Waals surface area contributed by atoms with Crippen molar-refractivity contribution in [2.24, 2.45) is 0 Å². The Hall–Kier alpha value is -2.55. The lowest BCUT2D eigenvalue weighted by Crippen LogP contribution is -2.09. The highest BCUT2D eigenvalue weighted by atomic mass is 35.5. The lowest BCUT2D eigenvalue weighted by Gasteiger charge is -2.00. The van der Waals surface area contributed by atoms with Gasteiger partial charge in [-0.25, -0.2) is 4.98 Å². The normalized spacial score (nSPS) is 10.5. The Morgan fingerprint density at radius 2 is 2.04 bits per heavy atom. The maximum Gasteiger partial charge on any atom is 0.238 e. The van der Waals surface area contributed by atoms with Gasteiger partial charge in [-0.1, -0.05) is 23.2 Å². The predicted molar refractivity (Wildman–Crippen MR) is 88.3 cm³/mol. The number of nitriles is 1. The Morgan fingerprint density at radius 1 is 1.22 bits per heavy atom. The average molecular weight is 346 g/mol. The van der Waals surface area contributed by atoms with Gasteiger partial charge in [-0.15, -0.1) is 0 Å². The van der Waals surface area contributed by atoms with Crippen molar-refractivity contribution in [1.29, 1.82) is 5.26 Å². The van der Waals surface area contributed by atoms with Gasteiger partial charge in [-0.2, -0.15) is 5.26 Å². The largest absolute Gasteiger partial charge is 0.436 e. The van der Waals surface area contributed by atoms with Crippen LogP contribution in [0, 0.1) is 11.3 Å². The molecule has 0 radical (unpaired) electrons. The third kappa shape index (κ3) is 3.29. The molecule has 1 amide bonds. The summed E-state index contributed by atoms with van der Waals surface area (Å²) in [5.74, 6) is 0.0270. The van der Waals surface area contributed by atoms with Crippen molar-refractivity contribution in [3.05, 3.63) is 46.4 Å². The number of hydrogen-bond acceptors (Lipinski definition) is 4. The third-order valence-corrected chi connectivity index (χ3v) is 3.82. The molecule has 3 rings (SSSR count). The van der Waals surface area contributed by atoms with E-state index in [2.05, 4.69) is 10.3 Å². The van der Waals surface area contributed by atoms with E-state index in [1.54, 1.807) is 42.5 Å². The molecule has 3 aromatic rings. The molecule has 0 bridgehead atoms. The summed E-state index contributed by atoms with van der Waals surface area (Å²) < 4.78 is 5.68. The standard InChI is InChI=1S/C16H9Cl2N3O2/c17-11-3-1-9(7-12(11)18)16-21-13-8-10(2-4-14(13)23-16)20-15(22)5-6-19/h1-4,7-8H,5H2,(H,20,22). The molecule has 0 saturated heterocycles. The van der Waals surface area contributed by atoms with Crippen molar-refractivity contribution >= 4 is 45.9 Å². The highest BCUT2D eigenvalue weighted by Crippen LogP contribution is 2.30. The van der Waals surface area contributed by atoms with E-state index >= 15 is 0 Å². The van der Waals surface area contributed by atoms with Crippen LogP contribution >= 0.6 is 23.2 Å². The first-order valence-electron chi connectivity index (χ1n) is 6.59. The number of nitrogens with one attached hydrogen (secondary N) is 1. The number of halogens is 2. The van der Waals surface area contributed by atoms with Gasteiger partial charge in [0.05, 0.1) is 16.1 Å². The molecular weight excluding hydrogens is 337 g/mol. The van der Waals surface area contributed by atoms with Crippen molar-refractivity contribution in [3.63, 3.8) is 0 Å². The first kappa shape index (κ1) is 15.3. The minimum Gasteiger partial charge on any atom is -0.436 e. The minimum atomic E-state index is -0.375. The Balaban J connectivity index is 1.94. The zero-order valence-corrected chi connectivity index (χ0v) is 13.1. The van der Waals surface area contributed by atoms with Crippen LogP contribution in [0.25, 0.3) is 22.6 Å². The molecule has 114 valence electrons. The van der Waals surface area contributed by atoms with Crippen LogP contribution in [0.2, 0.25) is 10.0 Å². The van der Waals surface area contributed by atoms with Gasteiger partial charge in [0.1, 0.15) is 11.9 Å². The molecule has 0 saturated carbocycles. The minimum absolute atomic E-state index is 0.203. The fourth-order valence-corrected chi connectivity index (χ4v) is 2.33. The van der Waals surface area contributed by atoms with E-state index in [0.717, 1.165) is 0 Å². The molecule has 1 N–H and O–H groups in total. The van der Waals surface area contributed by atoms with Gasteiger partial charge < -0.3 is 9.73 Å². The number of carbonyl (C=O) groups excluding carboxylic acids is 1. The fourth-order valence-electron chi connectivity index (χ4n) is 2.03. The summed E-state index contributed by atoms with van der Waals surface area (Å²) in [5, 5.41) is 12.0. The maximum absolute atomic E-state index is 11.4. The van der Waals surface area contributed by atoms with Gasteiger partial charge in [0, 0.05) is 11.3 Å². The van der Waals surface area contributed by atoms with Gasteiger partial charge in [-0.3, -0.25) is 4.79 Å². The molecular formula is C16H9Cl2N3O2. The van der Waals surface area contributed by atoms with Gasteiger partial charge in [-0.05, 0) is 36.4 Å². The summed E-state index contributed by atoms with van der Waals surface area (Å²) in [5.41, 5.74) is 2.41. The molecule has 0 atom stereocenters. The molecule has 5 nitrogen and oxygen atoms in total. The first-order chi connectivity index (χ1) is 11.1. The number of hydrogen-bond donors (Lipinski definition) is 1. The molecule has 0 unspecified atom stereocenters. The average Bonchev–Trinajstić information content (AvgIpc) is 2.93. The lowest BCUT2D eigenvalue weighted by molar-refractivity contribution is -0.115. The second kappa shape index (κ2) is 6.29. The molecule has 0 fully saturated rings. The number of oxazole rings is 1. The predicted octanol–water partition coefficient (Wildman–Crippen LogP) is 4.65. The molecule has 0 spiro atoms. The van der Waals surface area contributed by atoms with Crippen LogP contribution < -0.4 is 5.32 Å². The zero-order chi connectivity index (χ0) is 16.4. The fraction of sp³-hybridized carbons (Fsp3) is 0.0625. The molecule has 2 aromatic carbocycles. The molecule has 1 aromatic heterocycles. The number of benzene rings is 2. The third-order valence-electron chi connectivity index (χ3n) is 3.08. The van der Waals surface area contributed by atoms with Gasteiger partial charge >= 0.3 is 0 Å². The van der Waals surface area contributed by atoms with Crippen LogP contribution in [0.15, 0.2) is 40.8 Å². The Morgan fingerprint density at radius 3 is 2.78 bits per heavy atom. The van der Waals surface area contributed by atoms with E-state index in [1.165, 1.54) is 0 Å². The molecule has 1 heterocycles. The second-order valence-electron chi connectivity index (χ2n) is 4.71. The zero-order valence-electron chi connectivity index (χ0n) is 11.6. The maximum atomic E-state index is 11.4. The summed E-state index contributed by atoms with van der Waals surface area (Å²) in [7, 11) is 0. The second-order valence-corrected chi connectivity index (χ2v) is 5.53. The highest BCUT2D eigenvalue weighted by molar-refractivity contribution is 6.42. The van der Waals surface area contributed by atoms with E-state index in [0.29, 0.717) is 38.3 Å². The van der Waals surface area contributed by atoms with E-state index in [-0.39, 0.29) is 12.3 Å². The molecule has 0 aliphatic carbocycles. The Labute approximate surface area is 141 Å². The summed E-state index contributed by atoms with van der Waals surface area (Å²) in [6, 6.07) is 11.9. The number of aromatic nitrogens is 1. The SMILES string of the molecule is N#CCC(=O)Nc1ccc2oc(-c3ccc(Cl)c(Cl)c3)nc2c1. The highest BCUT2D eigenvalue weighted by Gasteiger charge is 2.11. The van der Waals surface area contributed by atoms with Gasteiger partial charge in [0.2, 0.25) is 11.8 Å². The number of rotatable bonds is 3. The summed E-state index contributed by atoms with van der Waals surface area (Å²) in [6.07, 6.45) is -0.203. The Bertz CT molecular complexity index is 944. The molecule has 0 aliphatic rings. The smallest absolute Gasteiger partial charge is 0.238 e. The number of fused-ring (bicyclic) bond motifs is 1. The van der Waals surface area contributed by atoms with Crippen LogP contribution in [0.3, 0.4) is 0 Å². The van der Waals surface area contributed by atoms with E-state index < -0.39 is 0 Å². The van der Waals surface area contributed by atoms with E-state index in [9.17, 15) is 4.79 Å². The molecule has 0 aliphatic heterocycles. The van der Waals surface area contributed by atoms with E-state index in [4.69, 9.17) is 32.9 Å². The molecule has 23 heavy (non-hydrogen) atoms. The van der Waals surface area contributed by atoms with Crippen molar-refractivity contribution in [1.82, 2.24) is 4.98 Å². The topological polar surface area (TPSA) is 78.9 Å². The van der Waals surface area contributed by atoms with Crippen LogP contribution in [-0.4, -0.2) is 10.9 Å². The quantitative estimate of drug-likeness (QED) is 0.748. The summed E-state index contributed by atoms with van der Waals surface area (Å²) in [4.78, 5) is 15.8. The van der Waals surface area contributed by atoms with Crippen molar-refractivity contribution in [2.45, 2.75) is 6.42 Å². The van der Waals surface area contributed by atoms with E-state index in [1.807, 2.05) is 0 Å². The van der Waals surface area contributed by atoms with Crippen molar-refractivity contribution in [2.75, 3.05) is 5.32 Å². The monoisotopic (exact) mass is 345 g/mol.